The van der Waals surface area contributed by atoms with Crippen LogP contribution >= 0.6 is 0 Å². The number of nitrogens with one attached hydrogen (secondary N) is 1. The second-order valence-electron chi connectivity index (χ2n) is 6.85. The van der Waals surface area contributed by atoms with E-state index in [2.05, 4.69) is 9.97 Å². The summed E-state index contributed by atoms with van der Waals surface area (Å²) in [6.45, 7) is 9.19. The third-order valence-electron chi connectivity index (χ3n) is 3.60. The van der Waals surface area contributed by atoms with Crippen LogP contribution in [0, 0.1) is 13.8 Å². The molecule has 0 saturated carbocycles. The summed E-state index contributed by atoms with van der Waals surface area (Å²) in [5, 5.41) is 9.26. The van der Waals surface area contributed by atoms with E-state index in [1.54, 1.807) is 33.2 Å². The van der Waals surface area contributed by atoms with Gasteiger partial charge in [-0.15, -0.1) is 0 Å². The van der Waals surface area contributed by atoms with E-state index in [9.17, 15) is 14.7 Å². The van der Waals surface area contributed by atoms with E-state index in [0.717, 1.165) is 11.3 Å². The molecule has 0 radical (unpaired) electrons. The molecule has 0 spiro atoms. The molecule has 0 aliphatic heterocycles. The minimum atomic E-state index is -1.05. The summed E-state index contributed by atoms with van der Waals surface area (Å²) in [5.41, 5.74) is 2.20. The molecule has 1 heterocycles. The van der Waals surface area contributed by atoms with Gasteiger partial charge in [0.25, 0.3) is 0 Å². The average molecular weight is 345 g/mol. The van der Waals surface area contributed by atoms with Crippen molar-refractivity contribution in [1.29, 1.82) is 0 Å². The lowest BCUT2D eigenvalue weighted by atomic mass is 10.1. The Morgan fingerprint density at radius 3 is 2.48 bits per heavy atom. The highest BCUT2D eigenvalue weighted by atomic mass is 16.6. The number of carbonyl (C=O) groups is 2. The Bertz CT molecular complexity index is 790. The zero-order valence-corrected chi connectivity index (χ0v) is 15.1. The molecule has 2 N–H and O–H groups in total. The van der Waals surface area contributed by atoms with Gasteiger partial charge in [0.1, 0.15) is 5.60 Å². The largest absolute Gasteiger partial charge is 0.478 e. The molecule has 25 heavy (non-hydrogen) atoms. The Hall–Kier alpha value is -2.83. The van der Waals surface area contributed by atoms with Gasteiger partial charge < -0.3 is 14.8 Å². The number of rotatable bonds is 4. The number of imidazole rings is 1. The average Bonchev–Trinajstić information content (AvgIpc) is 2.88. The summed E-state index contributed by atoms with van der Waals surface area (Å²) in [7, 11) is 0. The number of carboxylic acid groups (broad SMARTS) is 1. The Morgan fingerprint density at radius 2 is 1.96 bits per heavy atom. The van der Waals surface area contributed by atoms with Gasteiger partial charge in [0.05, 0.1) is 29.8 Å². The lowest BCUT2D eigenvalue weighted by Crippen LogP contribution is -2.37. The molecule has 1 aromatic carbocycles. The van der Waals surface area contributed by atoms with Crippen LogP contribution in [0.3, 0.4) is 0 Å². The number of aromatic amines is 1. The lowest BCUT2D eigenvalue weighted by Gasteiger charge is -2.28. The highest BCUT2D eigenvalue weighted by Crippen LogP contribution is 2.26. The highest BCUT2D eigenvalue weighted by molar-refractivity contribution is 5.93. The van der Waals surface area contributed by atoms with Crippen LogP contribution in [0.4, 0.5) is 10.5 Å². The minimum absolute atomic E-state index is 0.105. The Labute approximate surface area is 146 Å². The molecule has 134 valence electrons. The van der Waals surface area contributed by atoms with Gasteiger partial charge in [-0.1, -0.05) is 6.07 Å². The van der Waals surface area contributed by atoms with Crippen molar-refractivity contribution in [3.05, 3.63) is 47.0 Å². The molecule has 1 amide bonds. The molecular weight excluding hydrogens is 322 g/mol. The molecule has 1 aromatic heterocycles. The molecule has 0 saturated heterocycles. The number of ether oxygens (including phenoxy) is 1. The Kier molecular flexibility index (Phi) is 5.15. The smallest absolute Gasteiger partial charge is 0.415 e. The molecule has 0 fully saturated rings. The zero-order valence-electron chi connectivity index (χ0n) is 15.1. The van der Waals surface area contributed by atoms with E-state index in [1.165, 1.54) is 17.0 Å². The maximum absolute atomic E-state index is 12.7. The summed E-state index contributed by atoms with van der Waals surface area (Å²) in [6, 6.07) is 4.66. The van der Waals surface area contributed by atoms with Crippen LogP contribution in [0.25, 0.3) is 0 Å². The second-order valence-corrected chi connectivity index (χ2v) is 6.85. The summed E-state index contributed by atoms with van der Waals surface area (Å²) < 4.78 is 5.50. The molecule has 0 aliphatic rings. The van der Waals surface area contributed by atoms with E-state index < -0.39 is 17.7 Å². The van der Waals surface area contributed by atoms with Crippen LogP contribution in [0.15, 0.2) is 24.5 Å². The van der Waals surface area contributed by atoms with Crippen molar-refractivity contribution in [2.45, 2.75) is 46.8 Å². The van der Waals surface area contributed by atoms with Crippen LogP contribution < -0.4 is 4.90 Å². The summed E-state index contributed by atoms with van der Waals surface area (Å²) in [6.07, 6.45) is 0.999. The third kappa shape index (κ3) is 4.59. The van der Waals surface area contributed by atoms with Crippen LogP contribution in [-0.2, 0) is 11.3 Å². The van der Waals surface area contributed by atoms with E-state index in [-0.39, 0.29) is 12.1 Å². The number of anilines is 1. The van der Waals surface area contributed by atoms with Crippen molar-refractivity contribution in [2.75, 3.05) is 4.90 Å². The predicted octanol–water partition coefficient (Wildman–Crippen LogP) is 3.67. The zero-order chi connectivity index (χ0) is 18.8. The Balaban J connectivity index is 2.47. The molecule has 7 nitrogen and oxygen atoms in total. The number of carbonyl (C=O) groups excluding carboxylic acids is 1. The van der Waals surface area contributed by atoms with Crippen molar-refractivity contribution in [3.63, 3.8) is 0 Å². The van der Waals surface area contributed by atoms with Gasteiger partial charge in [-0.3, -0.25) is 4.90 Å². The fourth-order valence-corrected chi connectivity index (χ4v) is 2.29. The molecule has 0 bridgehead atoms. The number of H-pyrrole nitrogens is 1. The fraction of sp³-hybridized carbons (Fsp3) is 0.389. The predicted molar refractivity (Wildman–Crippen MR) is 93.9 cm³/mol. The maximum Gasteiger partial charge on any atom is 0.415 e. The first-order valence-electron chi connectivity index (χ1n) is 7.92. The number of aryl methyl sites for hydroxylation is 2. The van der Waals surface area contributed by atoms with Gasteiger partial charge in [0.2, 0.25) is 0 Å². The normalized spacial score (nSPS) is 11.2. The van der Waals surface area contributed by atoms with Gasteiger partial charge in [-0.05, 0) is 52.3 Å². The first kappa shape index (κ1) is 18.5. The number of carboxylic acids is 1. The molecule has 0 atom stereocenters. The van der Waals surface area contributed by atoms with Gasteiger partial charge in [-0.2, -0.15) is 0 Å². The molecule has 2 aromatic rings. The summed E-state index contributed by atoms with van der Waals surface area (Å²) in [5.74, 6) is -1.05. The molecule has 7 heteroatoms. The summed E-state index contributed by atoms with van der Waals surface area (Å²) >= 11 is 0. The van der Waals surface area contributed by atoms with Crippen LogP contribution in [-0.4, -0.2) is 32.7 Å². The Morgan fingerprint density at radius 1 is 1.28 bits per heavy atom. The van der Waals surface area contributed by atoms with Crippen molar-refractivity contribution >= 4 is 17.7 Å². The van der Waals surface area contributed by atoms with Crippen LogP contribution in [0.1, 0.15) is 48.1 Å². The van der Waals surface area contributed by atoms with E-state index in [0.29, 0.717) is 11.4 Å². The second kappa shape index (κ2) is 6.96. The monoisotopic (exact) mass is 345 g/mol. The standard InChI is InChI=1S/C18H23N3O4/c1-11-6-7-13(16(22)23)8-15(11)21(17(24)25-18(3,4)5)9-14-12(2)19-10-20-14/h6-8,10H,9H2,1-5H3,(H,19,20)(H,22,23). The van der Waals surface area contributed by atoms with E-state index >= 15 is 0 Å². The SMILES string of the molecule is Cc1ccc(C(=O)O)cc1N(Cc1nc[nH]c1C)C(=O)OC(C)(C)C. The van der Waals surface area contributed by atoms with Crippen LogP contribution in [0.2, 0.25) is 0 Å². The highest BCUT2D eigenvalue weighted by Gasteiger charge is 2.26. The minimum Gasteiger partial charge on any atom is -0.478 e. The van der Waals surface area contributed by atoms with E-state index in [4.69, 9.17) is 4.74 Å². The van der Waals surface area contributed by atoms with Crippen molar-refractivity contribution in [3.8, 4) is 0 Å². The van der Waals surface area contributed by atoms with Crippen molar-refractivity contribution < 1.29 is 19.4 Å². The van der Waals surface area contributed by atoms with Crippen molar-refractivity contribution in [2.24, 2.45) is 0 Å². The number of aromatic nitrogens is 2. The quantitative estimate of drug-likeness (QED) is 0.881. The number of benzene rings is 1. The molecular formula is C18H23N3O4. The number of hydrogen-bond donors (Lipinski definition) is 2. The first-order chi connectivity index (χ1) is 11.6. The lowest BCUT2D eigenvalue weighted by molar-refractivity contribution is 0.0575. The number of nitrogens with zero attached hydrogens (tertiary/aromatic N) is 2. The first-order valence-corrected chi connectivity index (χ1v) is 7.92. The fourth-order valence-electron chi connectivity index (χ4n) is 2.29. The van der Waals surface area contributed by atoms with E-state index in [1.807, 2.05) is 13.8 Å². The molecule has 2 rings (SSSR count). The third-order valence-corrected chi connectivity index (χ3v) is 3.60. The van der Waals surface area contributed by atoms with Crippen molar-refractivity contribution in [1.82, 2.24) is 9.97 Å². The van der Waals surface area contributed by atoms with Gasteiger partial charge in [0.15, 0.2) is 0 Å². The van der Waals surface area contributed by atoms with Gasteiger partial charge in [0, 0.05) is 5.69 Å². The number of amides is 1. The van der Waals surface area contributed by atoms with Crippen LogP contribution in [0.5, 0.6) is 0 Å². The van der Waals surface area contributed by atoms with Gasteiger partial charge in [-0.25, -0.2) is 14.6 Å². The summed E-state index contributed by atoms with van der Waals surface area (Å²) in [4.78, 5) is 32.7. The topological polar surface area (TPSA) is 95.5 Å². The number of hydrogen-bond acceptors (Lipinski definition) is 4. The molecule has 0 aliphatic carbocycles. The van der Waals surface area contributed by atoms with Gasteiger partial charge >= 0.3 is 12.1 Å². The number of aromatic carboxylic acids is 1. The molecule has 0 unspecified atom stereocenters. The maximum atomic E-state index is 12.7.